The van der Waals surface area contributed by atoms with Gasteiger partial charge in [0.25, 0.3) is 5.91 Å². The highest BCUT2D eigenvalue weighted by atomic mass is 16.1. The van der Waals surface area contributed by atoms with E-state index in [4.69, 9.17) is 5.73 Å². The van der Waals surface area contributed by atoms with Crippen LogP contribution in [0, 0.1) is 6.92 Å². The van der Waals surface area contributed by atoms with Crippen LogP contribution >= 0.6 is 0 Å². The van der Waals surface area contributed by atoms with Crippen LogP contribution in [0.2, 0.25) is 0 Å². The molecule has 0 bridgehead atoms. The van der Waals surface area contributed by atoms with Gasteiger partial charge >= 0.3 is 0 Å². The first kappa shape index (κ1) is 20.0. The summed E-state index contributed by atoms with van der Waals surface area (Å²) >= 11 is 0. The van der Waals surface area contributed by atoms with Crippen LogP contribution < -0.4 is 16.4 Å². The third kappa shape index (κ3) is 4.85. The predicted octanol–water partition coefficient (Wildman–Crippen LogP) is 4.22. The second-order valence-corrected chi connectivity index (χ2v) is 7.02. The van der Waals surface area contributed by atoms with Crippen molar-refractivity contribution in [1.29, 1.82) is 0 Å². The zero-order valence-corrected chi connectivity index (χ0v) is 16.3. The second kappa shape index (κ2) is 8.86. The minimum Gasteiger partial charge on any atom is -0.399 e. The molecule has 0 saturated heterocycles. The number of anilines is 1. The maximum Gasteiger partial charge on any atom is 0.251 e. The minimum absolute atomic E-state index is 0.0739. The Kier molecular flexibility index (Phi) is 6.81. The van der Waals surface area contributed by atoms with Gasteiger partial charge in [0, 0.05) is 29.4 Å². The summed E-state index contributed by atoms with van der Waals surface area (Å²) in [5.74, 6) is -0.0739. The van der Waals surface area contributed by atoms with Crippen LogP contribution in [0.1, 0.15) is 61.1 Å². The molecule has 4 N–H and O–H groups in total. The molecular formula is C22H31N3O. The zero-order valence-electron chi connectivity index (χ0n) is 16.3. The van der Waals surface area contributed by atoms with Crippen LogP contribution in [0.4, 0.5) is 5.69 Å². The Morgan fingerprint density at radius 1 is 1.12 bits per heavy atom. The monoisotopic (exact) mass is 353 g/mol. The standard InChI is InChI=1S/C22H31N3O/c1-5-22(6-2,25-17(4)18-10-8-7-9-11-18)15-24-21(26)20-14-19(23)13-12-16(20)3/h7-14,17,25H,5-6,15,23H2,1-4H3,(H,24,26). The van der Waals surface area contributed by atoms with Gasteiger partial charge in [-0.3, -0.25) is 4.79 Å². The first-order valence-corrected chi connectivity index (χ1v) is 9.37. The van der Waals surface area contributed by atoms with Crippen molar-refractivity contribution in [2.75, 3.05) is 12.3 Å². The van der Waals surface area contributed by atoms with Crippen molar-refractivity contribution in [3.8, 4) is 0 Å². The third-order valence-corrected chi connectivity index (χ3v) is 5.27. The summed E-state index contributed by atoms with van der Waals surface area (Å²) in [6.45, 7) is 8.98. The number of rotatable bonds is 8. The normalized spacial score (nSPS) is 12.6. The van der Waals surface area contributed by atoms with Gasteiger partial charge in [-0.2, -0.15) is 0 Å². The van der Waals surface area contributed by atoms with E-state index in [0.717, 1.165) is 18.4 Å². The van der Waals surface area contributed by atoms with Crippen molar-refractivity contribution in [2.24, 2.45) is 0 Å². The van der Waals surface area contributed by atoms with E-state index < -0.39 is 0 Å². The number of hydrogen-bond donors (Lipinski definition) is 3. The largest absolute Gasteiger partial charge is 0.399 e. The molecule has 0 spiro atoms. The molecule has 0 aliphatic carbocycles. The zero-order chi connectivity index (χ0) is 19.2. The molecule has 0 aliphatic rings. The molecule has 0 saturated carbocycles. The van der Waals surface area contributed by atoms with Crippen LogP contribution in [-0.2, 0) is 0 Å². The molecule has 1 atom stereocenters. The lowest BCUT2D eigenvalue weighted by molar-refractivity contribution is 0.0933. The van der Waals surface area contributed by atoms with Crippen molar-refractivity contribution in [3.05, 3.63) is 65.2 Å². The van der Waals surface area contributed by atoms with Crippen LogP contribution in [-0.4, -0.2) is 18.0 Å². The van der Waals surface area contributed by atoms with E-state index in [1.807, 2.05) is 25.1 Å². The number of benzene rings is 2. The van der Waals surface area contributed by atoms with Gasteiger partial charge in [0.05, 0.1) is 0 Å². The first-order chi connectivity index (χ1) is 12.4. The summed E-state index contributed by atoms with van der Waals surface area (Å²) < 4.78 is 0. The van der Waals surface area contributed by atoms with Gasteiger partial charge in [0.2, 0.25) is 0 Å². The quantitative estimate of drug-likeness (QED) is 0.623. The van der Waals surface area contributed by atoms with Gasteiger partial charge in [-0.15, -0.1) is 0 Å². The van der Waals surface area contributed by atoms with E-state index in [9.17, 15) is 4.79 Å². The van der Waals surface area contributed by atoms with Gasteiger partial charge in [-0.1, -0.05) is 50.2 Å². The molecule has 0 heterocycles. The number of amides is 1. The number of carbonyl (C=O) groups is 1. The minimum atomic E-state index is -0.154. The van der Waals surface area contributed by atoms with Gasteiger partial charge in [0.15, 0.2) is 0 Å². The highest BCUT2D eigenvalue weighted by molar-refractivity contribution is 5.96. The van der Waals surface area contributed by atoms with E-state index in [1.165, 1.54) is 5.56 Å². The molecule has 2 rings (SSSR count). The van der Waals surface area contributed by atoms with E-state index in [0.29, 0.717) is 17.8 Å². The molecule has 0 aliphatic heterocycles. The van der Waals surface area contributed by atoms with Crippen molar-refractivity contribution >= 4 is 11.6 Å². The summed E-state index contributed by atoms with van der Waals surface area (Å²) in [5, 5.41) is 6.85. The van der Waals surface area contributed by atoms with Crippen molar-refractivity contribution in [3.63, 3.8) is 0 Å². The van der Waals surface area contributed by atoms with Crippen LogP contribution in [0.25, 0.3) is 0 Å². The average molecular weight is 354 g/mol. The van der Waals surface area contributed by atoms with Gasteiger partial charge in [0.1, 0.15) is 0 Å². The summed E-state index contributed by atoms with van der Waals surface area (Å²) in [4.78, 5) is 12.7. The van der Waals surface area contributed by atoms with Gasteiger partial charge in [-0.05, 0) is 49.9 Å². The topological polar surface area (TPSA) is 67.2 Å². The SMILES string of the molecule is CCC(CC)(CNC(=O)c1cc(N)ccc1C)NC(C)c1ccccc1. The van der Waals surface area contributed by atoms with Crippen LogP contribution in [0.15, 0.2) is 48.5 Å². The van der Waals surface area contributed by atoms with Gasteiger partial charge < -0.3 is 16.4 Å². The Morgan fingerprint density at radius 2 is 1.77 bits per heavy atom. The van der Waals surface area contributed by atoms with Crippen LogP contribution in [0.3, 0.4) is 0 Å². The van der Waals surface area contributed by atoms with Crippen molar-refractivity contribution in [1.82, 2.24) is 10.6 Å². The number of nitrogens with two attached hydrogens (primary N) is 1. The number of nitrogen functional groups attached to an aromatic ring is 1. The highest BCUT2D eigenvalue weighted by Crippen LogP contribution is 2.22. The molecule has 0 aromatic heterocycles. The molecule has 4 nitrogen and oxygen atoms in total. The lowest BCUT2D eigenvalue weighted by atomic mass is 9.90. The number of carbonyl (C=O) groups excluding carboxylic acids is 1. The molecule has 140 valence electrons. The number of aryl methyl sites for hydroxylation is 1. The molecule has 4 heteroatoms. The Bertz CT molecular complexity index is 723. The molecule has 2 aromatic rings. The fourth-order valence-corrected chi connectivity index (χ4v) is 3.27. The Morgan fingerprint density at radius 3 is 2.38 bits per heavy atom. The Balaban J connectivity index is 2.09. The molecule has 0 radical (unpaired) electrons. The lowest BCUT2D eigenvalue weighted by Crippen LogP contribution is -2.53. The average Bonchev–Trinajstić information content (AvgIpc) is 2.67. The third-order valence-electron chi connectivity index (χ3n) is 5.27. The van der Waals surface area contributed by atoms with E-state index in [-0.39, 0.29) is 17.5 Å². The lowest BCUT2D eigenvalue weighted by Gasteiger charge is -2.36. The summed E-state index contributed by atoms with van der Waals surface area (Å²) in [7, 11) is 0. The summed E-state index contributed by atoms with van der Waals surface area (Å²) in [6, 6.07) is 16.0. The molecular weight excluding hydrogens is 322 g/mol. The predicted molar refractivity (Wildman–Crippen MR) is 109 cm³/mol. The fourth-order valence-electron chi connectivity index (χ4n) is 3.27. The van der Waals surface area contributed by atoms with Crippen molar-refractivity contribution in [2.45, 2.75) is 52.1 Å². The molecule has 26 heavy (non-hydrogen) atoms. The maximum atomic E-state index is 12.7. The van der Waals surface area contributed by atoms with Crippen LogP contribution in [0.5, 0.6) is 0 Å². The number of nitrogens with one attached hydrogen (secondary N) is 2. The molecule has 1 amide bonds. The Hall–Kier alpha value is -2.33. The second-order valence-electron chi connectivity index (χ2n) is 7.02. The van der Waals surface area contributed by atoms with E-state index >= 15 is 0 Å². The van der Waals surface area contributed by atoms with E-state index in [2.05, 4.69) is 55.7 Å². The fraction of sp³-hybridized carbons (Fsp3) is 0.409. The van der Waals surface area contributed by atoms with Gasteiger partial charge in [-0.25, -0.2) is 0 Å². The molecule has 1 unspecified atom stereocenters. The maximum absolute atomic E-state index is 12.7. The molecule has 2 aromatic carbocycles. The van der Waals surface area contributed by atoms with E-state index in [1.54, 1.807) is 6.07 Å². The Labute approximate surface area is 157 Å². The summed E-state index contributed by atoms with van der Waals surface area (Å²) in [6.07, 6.45) is 1.85. The smallest absolute Gasteiger partial charge is 0.251 e. The number of hydrogen-bond acceptors (Lipinski definition) is 3. The van der Waals surface area contributed by atoms with Crippen molar-refractivity contribution < 1.29 is 4.79 Å². The summed E-state index contributed by atoms with van der Waals surface area (Å²) in [5.41, 5.74) is 9.11. The first-order valence-electron chi connectivity index (χ1n) is 9.37. The highest BCUT2D eigenvalue weighted by Gasteiger charge is 2.29. The molecule has 0 fully saturated rings.